The van der Waals surface area contributed by atoms with E-state index in [0.29, 0.717) is 0 Å². The third kappa shape index (κ3) is 36.1. The van der Waals surface area contributed by atoms with E-state index < -0.39 is 36.0 Å². The largest absolute Gasteiger partial charge is 1.00 e. The fourth-order valence-electron chi connectivity index (χ4n) is 0. The average Bonchev–Trinajstić information content (AvgIpc) is 2.18. The monoisotopic (exact) mass is 358 g/mol. The molecular weight excluding hydrogens is 342 g/mol. The van der Waals surface area contributed by atoms with E-state index in [-0.39, 0.29) is 47.2 Å². The van der Waals surface area contributed by atoms with Crippen LogP contribution in [0.1, 0.15) is 20.8 Å². The molecule has 0 aliphatic heterocycles. The van der Waals surface area contributed by atoms with Crippen molar-refractivity contribution >= 4 is 35.5 Å². The Morgan fingerprint density at radius 3 is 0.750 bits per heavy atom. The molecule has 0 aliphatic carbocycles. The molecule has 0 saturated carbocycles. The van der Waals surface area contributed by atoms with Gasteiger partial charge in [0.15, 0.2) is 0 Å². The summed E-state index contributed by atoms with van der Waals surface area (Å²) in [7, 11) is 0. The first-order valence-electron chi connectivity index (χ1n) is 4.69. The number of hydrogen-bond acceptors (Lipinski definition) is 6. The van der Waals surface area contributed by atoms with Crippen molar-refractivity contribution in [3.8, 4) is 0 Å². The molecule has 0 rings (SSSR count). The number of aliphatic carboxylic acids is 3. The Kier molecular flexibility index (Phi) is 30.1. The summed E-state index contributed by atoms with van der Waals surface area (Å²) in [4.78, 5) is 28.2. The van der Waals surface area contributed by atoms with E-state index in [1.807, 2.05) is 0 Å². The zero-order valence-electron chi connectivity index (χ0n) is 11.7. The molecule has 20 heavy (non-hydrogen) atoms. The van der Waals surface area contributed by atoms with Gasteiger partial charge >= 0.3 is 29.6 Å². The minimum atomic E-state index is -1.32. The summed E-state index contributed by atoms with van der Waals surface area (Å²) in [6.45, 7) is 3.74. The van der Waals surface area contributed by atoms with Crippen LogP contribution in [0.5, 0.6) is 0 Å². The van der Waals surface area contributed by atoms with Gasteiger partial charge in [0.25, 0.3) is 0 Å². The fraction of sp³-hybridized carbons (Fsp3) is 0.667. The van der Waals surface area contributed by atoms with E-state index in [1.165, 1.54) is 20.8 Å². The molecule has 0 amide bonds. The average molecular weight is 357 g/mol. The summed E-state index contributed by atoms with van der Waals surface area (Å²) < 4.78 is 0. The SMILES string of the molecule is CC([NH-])C(=O)[O-].CC([NH-])C(=O)[O-].CC([NH-])C(=O)[O-].[Ge].[Na+]. The third-order valence-electron chi connectivity index (χ3n) is 1.06. The Hall–Kier alpha value is -0.167. The Labute approximate surface area is 150 Å². The summed E-state index contributed by atoms with van der Waals surface area (Å²) in [5.74, 6) is -3.97. The van der Waals surface area contributed by atoms with E-state index in [0.717, 1.165) is 0 Å². The molecule has 0 spiro atoms. The predicted octanol–water partition coefficient (Wildman–Crippen LogP) is -5.85. The number of nitrogens with one attached hydrogen (secondary N) is 3. The number of hydrogen-bond donors (Lipinski definition) is 0. The van der Waals surface area contributed by atoms with Crippen LogP contribution in [0.4, 0.5) is 0 Å². The van der Waals surface area contributed by atoms with Crippen molar-refractivity contribution in [1.29, 1.82) is 0 Å². The van der Waals surface area contributed by atoms with Gasteiger partial charge in [-0.1, -0.05) is 20.8 Å². The van der Waals surface area contributed by atoms with Crippen molar-refractivity contribution in [2.75, 3.05) is 0 Å². The number of carboxylic acids is 3. The summed E-state index contributed by atoms with van der Waals surface area (Å²) in [5, 5.41) is 28.2. The summed E-state index contributed by atoms with van der Waals surface area (Å²) in [6, 6.07) is -3.28. The number of carbonyl (C=O) groups excluding carboxylic acids is 3. The molecule has 3 N–H and O–H groups in total. The topological polar surface area (TPSA) is 192 Å². The van der Waals surface area contributed by atoms with Gasteiger partial charge in [-0.15, -0.1) is 18.1 Å². The first-order chi connectivity index (χ1) is 7.93. The van der Waals surface area contributed by atoms with Crippen LogP contribution in [0.3, 0.4) is 0 Å². The first kappa shape index (κ1) is 32.0. The Bertz CT molecular complexity index is 234. The van der Waals surface area contributed by atoms with Crippen molar-refractivity contribution in [1.82, 2.24) is 0 Å². The number of carbonyl (C=O) groups is 3. The van der Waals surface area contributed by atoms with Crippen LogP contribution in [0.15, 0.2) is 0 Å². The van der Waals surface area contributed by atoms with Crippen LogP contribution in [-0.2, 0) is 14.4 Å². The predicted molar refractivity (Wildman–Crippen MR) is 62.1 cm³/mol. The third-order valence-corrected chi connectivity index (χ3v) is 1.06. The van der Waals surface area contributed by atoms with Gasteiger partial charge in [0.2, 0.25) is 0 Å². The van der Waals surface area contributed by atoms with E-state index in [9.17, 15) is 29.7 Å². The number of carboxylic acid groups (broad SMARTS) is 3. The van der Waals surface area contributed by atoms with Crippen LogP contribution in [0.25, 0.3) is 17.2 Å². The molecule has 3 unspecified atom stereocenters. The smallest absolute Gasteiger partial charge is 0.670 e. The Morgan fingerprint density at radius 2 is 0.750 bits per heavy atom. The molecule has 9 nitrogen and oxygen atoms in total. The zero-order chi connectivity index (χ0) is 15.5. The maximum Gasteiger partial charge on any atom is 1.00 e. The Morgan fingerprint density at radius 1 is 0.700 bits per heavy atom. The van der Waals surface area contributed by atoms with Gasteiger partial charge in [-0.2, -0.15) is 0 Å². The molecule has 4 radical (unpaired) electrons. The van der Waals surface area contributed by atoms with Crippen molar-refractivity contribution < 1.29 is 59.3 Å². The van der Waals surface area contributed by atoms with E-state index in [1.54, 1.807) is 0 Å². The van der Waals surface area contributed by atoms with Crippen molar-refractivity contribution in [2.45, 2.75) is 38.9 Å². The van der Waals surface area contributed by atoms with Gasteiger partial charge in [0.05, 0.1) is 0 Å². The molecule has 0 fully saturated rings. The Balaban J connectivity index is -0.0000000536. The van der Waals surface area contributed by atoms with E-state index in [4.69, 9.17) is 17.2 Å². The van der Waals surface area contributed by atoms with Crippen molar-refractivity contribution in [3.63, 3.8) is 0 Å². The quantitative estimate of drug-likeness (QED) is 0.451. The van der Waals surface area contributed by atoms with Gasteiger partial charge in [0.1, 0.15) is 0 Å². The van der Waals surface area contributed by atoms with Gasteiger partial charge in [-0.3, -0.25) is 0 Å². The van der Waals surface area contributed by atoms with E-state index in [2.05, 4.69) is 0 Å². The minimum absolute atomic E-state index is 0. The second-order valence-corrected chi connectivity index (χ2v) is 3.12. The van der Waals surface area contributed by atoms with Crippen LogP contribution >= 0.6 is 0 Å². The standard InChI is InChI=1S/3C3H6NO2.Ge.Na/c3*1-2(4)3(5)6;;/h3*2,4H,1H3,(H,5,6);;/q3*-1;;+1/p-3. The normalized spacial score (nSPS) is 12.3. The van der Waals surface area contributed by atoms with Crippen molar-refractivity contribution in [3.05, 3.63) is 17.2 Å². The van der Waals surface area contributed by atoms with Crippen LogP contribution in [0, 0.1) is 0 Å². The molecule has 112 valence electrons. The molecule has 0 aromatic rings. The molecular formula is C9H15GeN3NaO6-5. The number of rotatable bonds is 3. The fourth-order valence-corrected chi connectivity index (χ4v) is 0. The van der Waals surface area contributed by atoms with Crippen LogP contribution in [0.2, 0.25) is 0 Å². The second kappa shape index (κ2) is 18.8. The summed E-state index contributed by atoms with van der Waals surface area (Å²) in [5.41, 5.74) is 19.1. The van der Waals surface area contributed by atoms with Gasteiger partial charge in [-0.25, -0.2) is 0 Å². The maximum atomic E-state index is 9.40. The van der Waals surface area contributed by atoms with Crippen molar-refractivity contribution in [2.24, 2.45) is 0 Å². The minimum Gasteiger partial charge on any atom is -0.670 e. The molecule has 0 bridgehead atoms. The molecule has 0 aromatic heterocycles. The second-order valence-electron chi connectivity index (χ2n) is 3.12. The van der Waals surface area contributed by atoms with Gasteiger partial charge < -0.3 is 46.9 Å². The molecule has 11 heteroatoms. The maximum absolute atomic E-state index is 9.40. The molecule has 0 saturated heterocycles. The molecule has 0 aromatic carbocycles. The zero-order valence-corrected chi connectivity index (χ0v) is 15.8. The van der Waals surface area contributed by atoms with Crippen LogP contribution in [-0.4, -0.2) is 53.6 Å². The molecule has 3 atom stereocenters. The van der Waals surface area contributed by atoms with Gasteiger partial charge in [0, 0.05) is 35.5 Å². The van der Waals surface area contributed by atoms with Crippen LogP contribution < -0.4 is 44.9 Å². The van der Waals surface area contributed by atoms with E-state index >= 15 is 0 Å². The van der Waals surface area contributed by atoms with Gasteiger partial charge in [-0.05, 0) is 0 Å². The first-order valence-corrected chi connectivity index (χ1v) is 4.69. The molecule has 0 aliphatic rings. The summed E-state index contributed by atoms with van der Waals surface area (Å²) >= 11 is 0. The summed E-state index contributed by atoms with van der Waals surface area (Å²) in [6.07, 6.45) is 0. The molecule has 0 heterocycles.